The van der Waals surface area contributed by atoms with Crippen LogP contribution in [0.1, 0.15) is 16.7 Å². The second-order valence-corrected chi connectivity index (χ2v) is 4.74. The number of thiocarbonyl (C=S) groups is 1. The van der Waals surface area contributed by atoms with Crippen molar-refractivity contribution in [2.45, 2.75) is 13.8 Å². The summed E-state index contributed by atoms with van der Waals surface area (Å²) in [5.41, 5.74) is 9.62. The predicted molar refractivity (Wildman–Crippen MR) is 77.9 cm³/mol. The summed E-state index contributed by atoms with van der Waals surface area (Å²) in [5.74, 6) is 0. The first kappa shape index (κ1) is 12.5. The number of hydrogen-bond acceptors (Lipinski definition) is 2. The minimum Gasteiger partial charge on any atom is -0.389 e. The number of H-pyrrole nitrogens is 1. The van der Waals surface area contributed by atoms with E-state index < -0.39 is 0 Å². The molecule has 1 heterocycles. The fourth-order valence-electron chi connectivity index (χ4n) is 1.85. The molecule has 1 aromatic carbocycles. The maximum Gasteiger partial charge on any atom is 0.258 e. The number of aromatic nitrogens is 1. The smallest absolute Gasteiger partial charge is 0.258 e. The van der Waals surface area contributed by atoms with Gasteiger partial charge in [0.05, 0.1) is 5.56 Å². The Hall–Kier alpha value is -1.94. The summed E-state index contributed by atoms with van der Waals surface area (Å²) >= 11 is 4.81. The van der Waals surface area contributed by atoms with Crippen LogP contribution in [0.25, 0.3) is 11.3 Å². The molecule has 0 fully saturated rings. The normalized spacial score (nSPS) is 10.3. The fraction of sp³-hybridized carbons (Fsp3) is 0.143. The molecular weight excluding hydrogens is 244 g/mol. The standard InChI is InChI=1S/C14H14N2OS/c1-8-3-4-9(2)11(7-8)12-6-5-10(13(15)18)14(17)16-12/h3-7H,1-2H3,(H2,15,18)(H,16,17). The van der Waals surface area contributed by atoms with E-state index in [9.17, 15) is 4.79 Å². The van der Waals surface area contributed by atoms with Gasteiger partial charge in [0.25, 0.3) is 5.56 Å². The number of pyridine rings is 1. The van der Waals surface area contributed by atoms with Gasteiger partial charge in [0.1, 0.15) is 4.99 Å². The second-order valence-electron chi connectivity index (χ2n) is 4.30. The SMILES string of the molecule is Cc1ccc(C)c(-c2ccc(C(N)=S)c(=O)[nH]2)c1. The third kappa shape index (κ3) is 2.33. The zero-order valence-electron chi connectivity index (χ0n) is 10.3. The van der Waals surface area contributed by atoms with Crippen LogP contribution in [0, 0.1) is 13.8 Å². The van der Waals surface area contributed by atoms with Gasteiger partial charge >= 0.3 is 0 Å². The molecule has 0 aliphatic carbocycles. The Morgan fingerprint density at radius 1 is 1.22 bits per heavy atom. The van der Waals surface area contributed by atoms with Gasteiger partial charge in [0, 0.05) is 11.3 Å². The number of rotatable bonds is 2. The molecule has 0 unspecified atom stereocenters. The lowest BCUT2D eigenvalue weighted by Crippen LogP contribution is -2.22. The topological polar surface area (TPSA) is 58.9 Å². The molecule has 4 heteroatoms. The monoisotopic (exact) mass is 258 g/mol. The van der Waals surface area contributed by atoms with Crippen molar-refractivity contribution in [1.29, 1.82) is 0 Å². The lowest BCUT2D eigenvalue weighted by Gasteiger charge is -2.08. The van der Waals surface area contributed by atoms with Crippen LogP contribution in [0.2, 0.25) is 0 Å². The molecule has 1 aromatic heterocycles. The molecular formula is C14H14N2OS. The van der Waals surface area contributed by atoms with Crippen LogP contribution in [0.4, 0.5) is 0 Å². The van der Waals surface area contributed by atoms with E-state index in [0.29, 0.717) is 5.56 Å². The number of hydrogen-bond donors (Lipinski definition) is 2. The van der Waals surface area contributed by atoms with Crippen LogP contribution in [0.3, 0.4) is 0 Å². The van der Waals surface area contributed by atoms with Gasteiger partial charge in [-0.1, -0.05) is 29.9 Å². The first-order chi connectivity index (χ1) is 8.49. The maximum atomic E-state index is 11.8. The summed E-state index contributed by atoms with van der Waals surface area (Å²) in [6, 6.07) is 9.61. The summed E-state index contributed by atoms with van der Waals surface area (Å²) in [6.07, 6.45) is 0. The molecule has 0 radical (unpaired) electrons. The molecule has 92 valence electrons. The Labute approximate surface area is 111 Å². The van der Waals surface area contributed by atoms with Crippen molar-refractivity contribution >= 4 is 17.2 Å². The average molecular weight is 258 g/mol. The van der Waals surface area contributed by atoms with Crippen molar-refractivity contribution in [3.05, 3.63) is 57.4 Å². The van der Waals surface area contributed by atoms with Crippen LogP contribution in [0.5, 0.6) is 0 Å². The van der Waals surface area contributed by atoms with E-state index in [1.807, 2.05) is 38.1 Å². The molecule has 0 amide bonds. The Bertz CT molecular complexity index is 674. The van der Waals surface area contributed by atoms with Gasteiger partial charge in [-0.25, -0.2) is 0 Å². The largest absolute Gasteiger partial charge is 0.389 e. The summed E-state index contributed by atoms with van der Waals surface area (Å²) < 4.78 is 0. The first-order valence-corrected chi connectivity index (χ1v) is 6.00. The van der Waals surface area contributed by atoms with Gasteiger partial charge in [0.15, 0.2) is 0 Å². The second kappa shape index (κ2) is 4.74. The van der Waals surface area contributed by atoms with Gasteiger partial charge < -0.3 is 10.7 Å². The number of aromatic amines is 1. The Morgan fingerprint density at radius 2 is 1.94 bits per heavy atom. The zero-order valence-corrected chi connectivity index (χ0v) is 11.1. The highest BCUT2D eigenvalue weighted by molar-refractivity contribution is 7.80. The number of benzene rings is 1. The van der Waals surface area contributed by atoms with Gasteiger partial charge in [-0.15, -0.1) is 0 Å². The molecule has 0 saturated heterocycles. The third-order valence-corrected chi connectivity index (χ3v) is 3.08. The van der Waals surface area contributed by atoms with E-state index in [-0.39, 0.29) is 10.5 Å². The molecule has 0 aliphatic heterocycles. The molecule has 3 N–H and O–H groups in total. The Kier molecular flexibility index (Phi) is 3.30. The van der Waals surface area contributed by atoms with Gasteiger partial charge in [-0.2, -0.15) is 0 Å². The lowest BCUT2D eigenvalue weighted by molar-refractivity contribution is 1.22. The van der Waals surface area contributed by atoms with Crippen LogP contribution in [-0.2, 0) is 0 Å². The molecule has 2 aromatic rings. The summed E-state index contributed by atoms with van der Waals surface area (Å²) in [7, 11) is 0. The minimum atomic E-state index is -0.249. The summed E-state index contributed by atoms with van der Waals surface area (Å²) in [6.45, 7) is 4.03. The van der Waals surface area contributed by atoms with Gasteiger partial charge in [0.2, 0.25) is 0 Å². The van der Waals surface area contributed by atoms with Gasteiger partial charge in [-0.3, -0.25) is 4.79 Å². The molecule has 2 rings (SSSR count). The van der Waals surface area contributed by atoms with Crippen LogP contribution in [-0.4, -0.2) is 9.97 Å². The maximum absolute atomic E-state index is 11.8. The molecule has 0 aliphatic rings. The average Bonchev–Trinajstić information content (AvgIpc) is 2.31. The third-order valence-electron chi connectivity index (χ3n) is 2.86. The highest BCUT2D eigenvalue weighted by Gasteiger charge is 2.07. The van der Waals surface area contributed by atoms with Crippen LogP contribution in [0.15, 0.2) is 35.1 Å². The quantitative estimate of drug-likeness (QED) is 0.813. The number of nitrogens with one attached hydrogen (secondary N) is 1. The molecule has 0 spiro atoms. The van der Waals surface area contributed by atoms with Crippen molar-refractivity contribution in [3.63, 3.8) is 0 Å². The van der Waals surface area contributed by atoms with E-state index >= 15 is 0 Å². The van der Waals surface area contributed by atoms with Crippen molar-refractivity contribution in [2.75, 3.05) is 0 Å². The highest BCUT2D eigenvalue weighted by Crippen LogP contribution is 2.21. The van der Waals surface area contributed by atoms with Crippen molar-refractivity contribution in [3.8, 4) is 11.3 Å². The summed E-state index contributed by atoms with van der Waals surface area (Å²) in [5, 5.41) is 0. The zero-order chi connectivity index (χ0) is 13.3. The first-order valence-electron chi connectivity index (χ1n) is 5.60. The van der Waals surface area contributed by atoms with Crippen molar-refractivity contribution < 1.29 is 0 Å². The van der Waals surface area contributed by atoms with E-state index in [1.165, 1.54) is 0 Å². The molecule has 0 bridgehead atoms. The van der Waals surface area contributed by atoms with E-state index in [0.717, 1.165) is 22.4 Å². The predicted octanol–water partition coefficient (Wildman–Crippen LogP) is 2.29. The number of aryl methyl sites for hydroxylation is 2. The molecule has 0 atom stereocenters. The highest BCUT2D eigenvalue weighted by atomic mass is 32.1. The van der Waals surface area contributed by atoms with Crippen LogP contribution < -0.4 is 11.3 Å². The summed E-state index contributed by atoms with van der Waals surface area (Å²) in [4.78, 5) is 14.8. The van der Waals surface area contributed by atoms with Gasteiger partial charge in [-0.05, 0) is 37.6 Å². The van der Waals surface area contributed by atoms with Crippen molar-refractivity contribution in [2.24, 2.45) is 5.73 Å². The molecule has 18 heavy (non-hydrogen) atoms. The molecule has 3 nitrogen and oxygen atoms in total. The number of nitrogens with two attached hydrogens (primary N) is 1. The van der Waals surface area contributed by atoms with E-state index in [2.05, 4.69) is 4.98 Å². The van der Waals surface area contributed by atoms with Crippen LogP contribution >= 0.6 is 12.2 Å². The minimum absolute atomic E-state index is 0.115. The fourth-order valence-corrected chi connectivity index (χ4v) is 2.01. The Morgan fingerprint density at radius 3 is 2.56 bits per heavy atom. The van der Waals surface area contributed by atoms with E-state index in [4.69, 9.17) is 18.0 Å². The Balaban J connectivity index is 2.59. The molecule has 0 saturated carbocycles. The lowest BCUT2D eigenvalue weighted by atomic mass is 10.0. The van der Waals surface area contributed by atoms with Crippen molar-refractivity contribution in [1.82, 2.24) is 4.98 Å². The van der Waals surface area contributed by atoms with E-state index in [1.54, 1.807) is 6.07 Å².